The van der Waals surface area contributed by atoms with E-state index in [-0.39, 0.29) is 11.6 Å². The Kier molecular flexibility index (Phi) is 3.23. The molecule has 0 saturated carbocycles. The molecule has 0 aromatic carbocycles. The number of aryl methyl sites for hydroxylation is 1. The highest BCUT2D eigenvalue weighted by Gasteiger charge is 2.24. The van der Waals surface area contributed by atoms with Crippen molar-refractivity contribution in [3.05, 3.63) is 39.9 Å². The molecule has 0 amide bonds. The number of hydrogen-bond acceptors (Lipinski definition) is 7. The Hall–Kier alpha value is -3.37. The van der Waals surface area contributed by atoms with E-state index in [1.54, 1.807) is 35.6 Å². The van der Waals surface area contributed by atoms with E-state index in [9.17, 15) is 10.1 Å². The van der Waals surface area contributed by atoms with Gasteiger partial charge < -0.3 is 0 Å². The zero-order chi connectivity index (χ0) is 17.7. The number of nitro groups is 1. The smallest absolute Gasteiger partial charge is 0.262 e. The first-order valence-electron chi connectivity index (χ1n) is 7.68. The molecular formula is C14H15N9O2. The van der Waals surface area contributed by atoms with Crippen LogP contribution in [-0.2, 0) is 6.54 Å². The summed E-state index contributed by atoms with van der Waals surface area (Å²) < 4.78 is 3.24. The zero-order valence-electron chi connectivity index (χ0n) is 13.8. The maximum Gasteiger partial charge on any atom is 0.312 e. The lowest BCUT2D eigenvalue weighted by atomic mass is 10.1. The van der Waals surface area contributed by atoms with Crippen molar-refractivity contribution in [3.63, 3.8) is 0 Å². The molecule has 0 aliphatic heterocycles. The quantitative estimate of drug-likeness (QED) is 0.439. The summed E-state index contributed by atoms with van der Waals surface area (Å²) >= 11 is 0. The third kappa shape index (κ3) is 2.31. The minimum absolute atomic E-state index is 0.0551. The van der Waals surface area contributed by atoms with Crippen molar-refractivity contribution >= 4 is 22.4 Å². The van der Waals surface area contributed by atoms with Gasteiger partial charge in [0.25, 0.3) is 0 Å². The fraction of sp³-hybridized carbons (Fsp3) is 0.357. The van der Waals surface area contributed by atoms with E-state index in [1.807, 2.05) is 6.92 Å². The van der Waals surface area contributed by atoms with Crippen molar-refractivity contribution in [2.24, 2.45) is 0 Å². The molecule has 4 aromatic heterocycles. The van der Waals surface area contributed by atoms with Gasteiger partial charge in [-0.15, -0.1) is 5.10 Å². The largest absolute Gasteiger partial charge is 0.312 e. The average molecular weight is 341 g/mol. The minimum atomic E-state index is -0.399. The molecule has 25 heavy (non-hydrogen) atoms. The molecule has 128 valence electrons. The summed E-state index contributed by atoms with van der Waals surface area (Å²) in [6, 6.07) is 0. The lowest BCUT2D eigenvalue weighted by Crippen LogP contribution is -2.11. The highest BCUT2D eigenvalue weighted by atomic mass is 16.6. The molecular weight excluding hydrogens is 326 g/mol. The van der Waals surface area contributed by atoms with Gasteiger partial charge in [-0.25, -0.2) is 14.5 Å². The van der Waals surface area contributed by atoms with E-state index in [1.165, 1.54) is 0 Å². The molecule has 11 nitrogen and oxygen atoms in total. The second-order valence-electron chi connectivity index (χ2n) is 5.97. The van der Waals surface area contributed by atoms with E-state index in [0.717, 1.165) is 5.39 Å². The predicted octanol–water partition coefficient (Wildman–Crippen LogP) is 1.53. The van der Waals surface area contributed by atoms with Gasteiger partial charge in [-0.3, -0.25) is 19.9 Å². The van der Waals surface area contributed by atoms with Crippen molar-refractivity contribution in [1.29, 1.82) is 0 Å². The maximum absolute atomic E-state index is 11.1. The third-order valence-corrected chi connectivity index (χ3v) is 4.22. The molecule has 1 unspecified atom stereocenters. The van der Waals surface area contributed by atoms with Crippen LogP contribution in [0.25, 0.3) is 16.7 Å². The summed E-state index contributed by atoms with van der Waals surface area (Å²) in [5.41, 5.74) is 2.30. The van der Waals surface area contributed by atoms with Crippen LogP contribution in [-0.4, -0.2) is 44.5 Å². The predicted molar refractivity (Wildman–Crippen MR) is 87.2 cm³/mol. The SMILES string of the molecule is Cc1nn(CC(C)c2nc3c4cn[nH]c4ncn3n2)c(C)c1[N+](=O)[O-]. The minimum Gasteiger partial charge on any atom is -0.262 e. The van der Waals surface area contributed by atoms with Crippen LogP contribution in [0.4, 0.5) is 5.69 Å². The summed E-state index contributed by atoms with van der Waals surface area (Å²) in [6.45, 7) is 5.73. The molecule has 0 spiro atoms. The van der Waals surface area contributed by atoms with Gasteiger partial charge >= 0.3 is 5.69 Å². The van der Waals surface area contributed by atoms with Gasteiger partial charge in [-0.05, 0) is 13.8 Å². The van der Waals surface area contributed by atoms with Crippen molar-refractivity contribution in [2.75, 3.05) is 0 Å². The number of fused-ring (bicyclic) bond motifs is 3. The fourth-order valence-electron chi connectivity index (χ4n) is 2.94. The van der Waals surface area contributed by atoms with Gasteiger partial charge in [0, 0.05) is 5.92 Å². The monoisotopic (exact) mass is 341 g/mol. The second-order valence-corrected chi connectivity index (χ2v) is 5.97. The topological polar surface area (TPSA) is 133 Å². The number of nitrogens with one attached hydrogen (secondary N) is 1. The van der Waals surface area contributed by atoms with E-state index >= 15 is 0 Å². The van der Waals surface area contributed by atoms with E-state index in [0.29, 0.717) is 35.1 Å². The molecule has 0 radical (unpaired) electrons. The van der Waals surface area contributed by atoms with Crippen molar-refractivity contribution in [2.45, 2.75) is 33.2 Å². The van der Waals surface area contributed by atoms with Crippen LogP contribution in [0, 0.1) is 24.0 Å². The van der Waals surface area contributed by atoms with E-state index in [2.05, 4.69) is 30.4 Å². The first-order chi connectivity index (χ1) is 12.0. The van der Waals surface area contributed by atoms with Crippen molar-refractivity contribution < 1.29 is 4.92 Å². The summed E-state index contributed by atoms with van der Waals surface area (Å²) in [4.78, 5) is 19.5. The third-order valence-electron chi connectivity index (χ3n) is 4.22. The molecule has 1 N–H and O–H groups in total. The normalized spacial score (nSPS) is 12.9. The zero-order valence-corrected chi connectivity index (χ0v) is 13.8. The molecule has 1 atom stereocenters. The Morgan fingerprint density at radius 3 is 2.88 bits per heavy atom. The van der Waals surface area contributed by atoms with E-state index in [4.69, 9.17) is 0 Å². The number of rotatable bonds is 4. The van der Waals surface area contributed by atoms with Gasteiger partial charge in [0.15, 0.2) is 17.1 Å². The summed E-state index contributed by atoms with van der Waals surface area (Å²) in [5, 5.41) is 27.4. The number of nitrogens with zero attached hydrogens (tertiary/aromatic N) is 8. The average Bonchev–Trinajstić information content (AvgIpc) is 3.24. The summed E-state index contributed by atoms with van der Waals surface area (Å²) in [5.74, 6) is 0.533. The van der Waals surface area contributed by atoms with Crippen LogP contribution < -0.4 is 0 Å². The second kappa shape index (κ2) is 5.33. The van der Waals surface area contributed by atoms with Crippen LogP contribution in [0.5, 0.6) is 0 Å². The Labute approximate surface area is 140 Å². The number of H-pyrrole nitrogens is 1. The van der Waals surface area contributed by atoms with Crippen LogP contribution in [0.3, 0.4) is 0 Å². The van der Waals surface area contributed by atoms with Crippen molar-refractivity contribution in [1.82, 2.24) is 39.6 Å². The van der Waals surface area contributed by atoms with Crippen molar-refractivity contribution in [3.8, 4) is 0 Å². The number of hydrogen-bond donors (Lipinski definition) is 1. The van der Waals surface area contributed by atoms with Gasteiger partial charge in [0.1, 0.15) is 17.7 Å². The Balaban J connectivity index is 1.69. The molecule has 4 rings (SSSR count). The lowest BCUT2D eigenvalue weighted by Gasteiger charge is -2.08. The standard InChI is InChI=1S/C14H15N9O2/c1-7(5-21-9(3)11(23(24)25)8(2)19-21)12-17-14-10-4-16-18-13(10)15-6-22(14)20-12/h4,6-7H,5H2,1-3H3,(H,16,18). The Morgan fingerprint density at radius 2 is 2.16 bits per heavy atom. The first kappa shape index (κ1) is 15.2. The van der Waals surface area contributed by atoms with Crippen LogP contribution >= 0.6 is 0 Å². The molecule has 0 bridgehead atoms. The van der Waals surface area contributed by atoms with Crippen LogP contribution in [0.15, 0.2) is 12.5 Å². The maximum atomic E-state index is 11.1. The molecule has 0 aliphatic carbocycles. The number of aromatic nitrogens is 8. The molecule has 0 fully saturated rings. The van der Waals surface area contributed by atoms with E-state index < -0.39 is 4.92 Å². The first-order valence-corrected chi connectivity index (χ1v) is 7.68. The van der Waals surface area contributed by atoms with Gasteiger partial charge in [-0.2, -0.15) is 10.2 Å². The molecule has 4 aromatic rings. The molecule has 0 saturated heterocycles. The van der Waals surface area contributed by atoms with Crippen LogP contribution in [0.2, 0.25) is 0 Å². The fourth-order valence-corrected chi connectivity index (χ4v) is 2.94. The Morgan fingerprint density at radius 1 is 1.36 bits per heavy atom. The highest BCUT2D eigenvalue weighted by molar-refractivity contribution is 5.87. The number of aromatic amines is 1. The Bertz CT molecular complexity index is 1110. The highest BCUT2D eigenvalue weighted by Crippen LogP contribution is 2.24. The summed E-state index contributed by atoms with van der Waals surface area (Å²) in [7, 11) is 0. The van der Waals surface area contributed by atoms with Crippen LogP contribution in [0.1, 0.15) is 30.1 Å². The molecule has 11 heteroatoms. The molecule has 0 aliphatic rings. The summed E-state index contributed by atoms with van der Waals surface area (Å²) in [6.07, 6.45) is 3.23. The van der Waals surface area contributed by atoms with Gasteiger partial charge in [0.2, 0.25) is 0 Å². The van der Waals surface area contributed by atoms with Gasteiger partial charge in [-0.1, -0.05) is 6.92 Å². The lowest BCUT2D eigenvalue weighted by molar-refractivity contribution is -0.386. The molecule has 4 heterocycles. The van der Waals surface area contributed by atoms with Gasteiger partial charge in [0.05, 0.1) is 23.1 Å².